The Hall–Kier alpha value is -3.16. The number of para-hydroxylation sites is 1. The molecule has 8 nitrogen and oxygen atoms in total. The van der Waals surface area contributed by atoms with Gasteiger partial charge in [0.2, 0.25) is 0 Å². The Morgan fingerprint density at radius 2 is 1.98 bits per heavy atom. The molecule has 1 aromatic heterocycles. The number of ether oxygens (including phenoxy) is 1. The van der Waals surface area contributed by atoms with Gasteiger partial charge in [-0.1, -0.05) is 30.3 Å². The van der Waals surface area contributed by atoms with E-state index in [4.69, 9.17) is 15.5 Å². The van der Waals surface area contributed by atoms with Crippen LogP contribution in [-0.2, 0) is 28.7 Å². The van der Waals surface area contributed by atoms with Crippen molar-refractivity contribution in [2.24, 2.45) is 10.7 Å². The molecular formula is C28H27BrFN5O3S2. The summed E-state index contributed by atoms with van der Waals surface area (Å²) in [5, 5.41) is 9.10. The Morgan fingerprint density at radius 3 is 2.77 bits per heavy atom. The van der Waals surface area contributed by atoms with Crippen molar-refractivity contribution in [3.05, 3.63) is 98.0 Å². The van der Waals surface area contributed by atoms with E-state index in [-0.39, 0.29) is 18.2 Å². The molecule has 0 radical (unpaired) electrons. The Balaban J connectivity index is 1.43. The van der Waals surface area contributed by atoms with Crippen molar-refractivity contribution < 1.29 is 17.5 Å². The number of fused-ring (bicyclic) bond motifs is 1. The van der Waals surface area contributed by atoms with Crippen LogP contribution < -0.4 is 21.1 Å². The highest BCUT2D eigenvalue weighted by Gasteiger charge is 2.37. The summed E-state index contributed by atoms with van der Waals surface area (Å²) in [7, 11) is -3.02. The van der Waals surface area contributed by atoms with Crippen molar-refractivity contribution in [2.45, 2.75) is 18.8 Å². The second-order valence-electron chi connectivity index (χ2n) is 9.40. The molecule has 0 amide bonds. The van der Waals surface area contributed by atoms with Gasteiger partial charge in [0.25, 0.3) is 0 Å². The molecular weight excluding hydrogens is 617 g/mol. The van der Waals surface area contributed by atoms with Gasteiger partial charge in [0.05, 0.1) is 22.3 Å². The summed E-state index contributed by atoms with van der Waals surface area (Å²) in [6.07, 6.45) is 2.79. The fourth-order valence-corrected chi connectivity index (χ4v) is 6.12. The summed E-state index contributed by atoms with van der Waals surface area (Å²) in [5.41, 5.74) is 10.3. The SMILES string of the molecule is CS(=O)(=O)CCNCc1nc(-c2ccc3c(c2)C(N)(c2cccc(Br)c2OCc2cccc(F)c2)N=CN3)cs1. The lowest BCUT2D eigenvalue weighted by Crippen LogP contribution is -2.39. The van der Waals surface area contributed by atoms with Gasteiger partial charge in [-0.3, -0.25) is 5.73 Å². The number of thiazole rings is 1. The second-order valence-corrected chi connectivity index (χ2v) is 13.5. The fraction of sp³-hybridized carbons (Fsp3) is 0.214. The number of anilines is 1. The molecule has 0 saturated heterocycles. The highest BCUT2D eigenvalue weighted by atomic mass is 79.9. The monoisotopic (exact) mass is 643 g/mol. The molecule has 0 saturated carbocycles. The lowest BCUT2D eigenvalue weighted by Gasteiger charge is -2.33. The van der Waals surface area contributed by atoms with Gasteiger partial charge >= 0.3 is 0 Å². The summed E-state index contributed by atoms with van der Waals surface area (Å²) in [6, 6.07) is 17.7. The van der Waals surface area contributed by atoms with E-state index in [0.29, 0.717) is 34.4 Å². The van der Waals surface area contributed by atoms with E-state index in [1.165, 1.54) is 29.7 Å². The first-order valence-electron chi connectivity index (χ1n) is 12.4. The van der Waals surface area contributed by atoms with Gasteiger partial charge in [-0.15, -0.1) is 11.3 Å². The van der Waals surface area contributed by atoms with E-state index < -0.39 is 15.5 Å². The van der Waals surface area contributed by atoms with Gasteiger partial charge in [0.1, 0.15) is 33.0 Å². The van der Waals surface area contributed by atoms with Crippen LogP contribution in [0.1, 0.15) is 21.7 Å². The van der Waals surface area contributed by atoms with Crippen molar-refractivity contribution in [1.29, 1.82) is 0 Å². The molecule has 0 spiro atoms. The molecule has 0 bridgehead atoms. The molecule has 1 aliphatic heterocycles. The zero-order valence-electron chi connectivity index (χ0n) is 21.5. The van der Waals surface area contributed by atoms with E-state index in [1.807, 2.05) is 41.8 Å². The van der Waals surface area contributed by atoms with Crippen LogP contribution in [-0.4, -0.2) is 38.3 Å². The number of nitrogens with zero attached hydrogens (tertiary/aromatic N) is 2. The summed E-state index contributed by atoms with van der Waals surface area (Å²) in [5.74, 6) is 0.259. The predicted octanol–water partition coefficient (Wildman–Crippen LogP) is 5.04. The second kappa shape index (κ2) is 11.8. The van der Waals surface area contributed by atoms with Crippen LogP contribution in [0.5, 0.6) is 5.75 Å². The molecule has 5 rings (SSSR count). The van der Waals surface area contributed by atoms with Crippen molar-refractivity contribution >= 4 is 49.1 Å². The van der Waals surface area contributed by atoms with E-state index in [0.717, 1.165) is 27.5 Å². The lowest BCUT2D eigenvalue weighted by atomic mass is 9.88. The zero-order chi connectivity index (χ0) is 28.3. The zero-order valence-corrected chi connectivity index (χ0v) is 24.7. The molecule has 1 unspecified atom stereocenters. The highest BCUT2D eigenvalue weighted by molar-refractivity contribution is 9.10. The Morgan fingerprint density at radius 1 is 1.15 bits per heavy atom. The predicted molar refractivity (Wildman–Crippen MR) is 161 cm³/mol. The van der Waals surface area contributed by atoms with Crippen molar-refractivity contribution in [3.8, 4) is 17.0 Å². The largest absolute Gasteiger partial charge is 0.487 e. The summed E-state index contributed by atoms with van der Waals surface area (Å²) >= 11 is 5.08. The maximum absolute atomic E-state index is 13.7. The molecule has 2 heterocycles. The standard InChI is InChI=1S/C28H27BrFN5O3S2/c1-40(36,37)11-10-32-14-26-35-25(16-39-26)19-8-9-24-22(13-19)28(31,34-17-33-24)21-6-3-7-23(29)27(21)38-15-18-4-2-5-20(30)12-18/h2-9,12-13,16-17,32H,10-11,14-15,31H2,1H3,(H,33,34). The normalized spacial score (nSPS) is 16.4. The third-order valence-corrected chi connectivity index (χ3v) is 8.76. The maximum atomic E-state index is 13.7. The number of benzene rings is 3. The molecule has 1 aliphatic rings. The van der Waals surface area contributed by atoms with Crippen LogP contribution in [0.25, 0.3) is 11.3 Å². The smallest absolute Gasteiger partial charge is 0.167 e. The molecule has 208 valence electrons. The van der Waals surface area contributed by atoms with E-state index in [9.17, 15) is 12.8 Å². The minimum absolute atomic E-state index is 0.0751. The van der Waals surface area contributed by atoms with Crippen molar-refractivity contribution in [3.63, 3.8) is 0 Å². The number of hydrogen-bond donors (Lipinski definition) is 3. The third-order valence-electron chi connectivity index (χ3n) is 6.34. The number of aliphatic imine (C=N–C) groups is 1. The minimum atomic E-state index is -3.02. The number of nitrogens with one attached hydrogen (secondary N) is 2. The van der Waals surface area contributed by atoms with Gasteiger partial charge in [-0.2, -0.15) is 0 Å². The third kappa shape index (κ3) is 6.42. The van der Waals surface area contributed by atoms with Crippen LogP contribution in [0, 0.1) is 5.82 Å². The first-order valence-corrected chi connectivity index (χ1v) is 16.1. The average molecular weight is 645 g/mol. The first-order chi connectivity index (χ1) is 19.1. The van der Waals surface area contributed by atoms with Crippen LogP contribution >= 0.6 is 27.3 Å². The summed E-state index contributed by atoms with van der Waals surface area (Å²) < 4.78 is 43.3. The molecule has 12 heteroatoms. The molecule has 40 heavy (non-hydrogen) atoms. The fourth-order valence-electron chi connectivity index (χ4n) is 4.35. The first kappa shape index (κ1) is 28.4. The van der Waals surface area contributed by atoms with E-state index >= 15 is 0 Å². The van der Waals surface area contributed by atoms with Gasteiger partial charge in [0, 0.05) is 47.1 Å². The molecule has 0 aliphatic carbocycles. The maximum Gasteiger partial charge on any atom is 0.167 e. The Kier molecular flexibility index (Phi) is 8.34. The topological polar surface area (TPSA) is 119 Å². The molecule has 3 aromatic carbocycles. The number of sulfone groups is 1. The van der Waals surface area contributed by atoms with E-state index in [1.54, 1.807) is 18.5 Å². The quantitative estimate of drug-likeness (QED) is 0.207. The van der Waals surface area contributed by atoms with Crippen molar-refractivity contribution in [1.82, 2.24) is 10.3 Å². The Labute approximate surface area is 244 Å². The number of rotatable bonds is 10. The van der Waals surface area contributed by atoms with Crippen LogP contribution in [0.3, 0.4) is 0 Å². The van der Waals surface area contributed by atoms with E-state index in [2.05, 4.69) is 31.6 Å². The molecule has 4 N–H and O–H groups in total. The molecule has 4 aromatic rings. The van der Waals surface area contributed by atoms with Crippen LogP contribution in [0.2, 0.25) is 0 Å². The van der Waals surface area contributed by atoms with Gasteiger partial charge in [0.15, 0.2) is 5.66 Å². The highest BCUT2D eigenvalue weighted by Crippen LogP contribution is 2.44. The van der Waals surface area contributed by atoms with Gasteiger partial charge in [-0.25, -0.2) is 22.8 Å². The van der Waals surface area contributed by atoms with Crippen LogP contribution in [0.4, 0.5) is 10.1 Å². The van der Waals surface area contributed by atoms with Gasteiger partial charge in [-0.05, 0) is 51.8 Å². The summed E-state index contributed by atoms with van der Waals surface area (Å²) in [6.45, 7) is 0.988. The number of hydrogen-bond acceptors (Lipinski definition) is 9. The molecule has 1 atom stereocenters. The molecule has 0 fully saturated rings. The van der Waals surface area contributed by atoms with Gasteiger partial charge < -0.3 is 15.4 Å². The van der Waals surface area contributed by atoms with Crippen LogP contribution in [0.15, 0.2) is 75.5 Å². The lowest BCUT2D eigenvalue weighted by molar-refractivity contribution is 0.294. The number of halogens is 2. The average Bonchev–Trinajstić information content (AvgIpc) is 3.39. The summed E-state index contributed by atoms with van der Waals surface area (Å²) in [4.78, 5) is 9.39. The number of aromatic nitrogens is 1. The minimum Gasteiger partial charge on any atom is -0.487 e. The Bertz CT molecular complexity index is 1680. The van der Waals surface area contributed by atoms with Crippen molar-refractivity contribution in [2.75, 3.05) is 23.9 Å². The number of nitrogens with two attached hydrogens (primary N) is 1.